The first-order valence-corrected chi connectivity index (χ1v) is 9.83. The van der Waals surface area contributed by atoms with Gasteiger partial charge in [0.1, 0.15) is 5.54 Å². The van der Waals surface area contributed by atoms with Crippen molar-refractivity contribution in [1.29, 1.82) is 0 Å². The Kier molecular flexibility index (Phi) is 4.64. The smallest absolute Gasteiger partial charge is 0.212 e. The van der Waals surface area contributed by atoms with Crippen LogP contribution in [-0.2, 0) is 16.0 Å². The molecule has 28 heavy (non-hydrogen) atoms. The summed E-state index contributed by atoms with van der Waals surface area (Å²) in [5.41, 5.74) is 1.27. The van der Waals surface area contributed by atoms with Crippen molar-refractivity contribution in [2.45, 2.75) is 32.0 Å². The van der Waals surface area contributed by atoms with Crippen LogP contribution in [0.5, 0.6) is 0 Å². The molecule has 1 aliphatic heterocycles. The van der Waals surface area contributed by atoms with Crippen molar-refractivity contribution in [3.05, 3.63) is 108 Å². The zero-order chi connectivity index (χ0) is 19.7. The maximum atomic E-state index is 6.43. The number of rotatable bonds is 5. The summed E-state index contributed by atoms with van der Waals surface area (Å²) >= 11 is 0. The highest BCUT2D eigenvalue weighted by molar-refractivity contribution is 5.45. The Labute approximate surface area is 167 Å². The zero-order valence-corrected chi connectivity index (χ0v) is 16.7. The van der Waals surface area contributed by atoms with Crippen LogP contribution in [0.25, 0.3) is 0 Å². The van der Waals surface area contributed by atoms with E-state index in [1.807, 2.05) is 37.3 Å². The summed E-state index contributed by atoms with van der Waals surface area (Å²) in [5, 5.41) is 9.90. The van der Waals surface area contributed by atoms with E-state index in [-0.39, 0.29) is 0 Å². The summed E-state index contributed by atoms with van der Waals surface area (Å²) in [6.45, 7) is 7.00. The Morgan fingerprint density at radius 2 is 1.07 bits per heavy atom. The van der Waals surface area contributed by atoms with Gasteiger partial charge in [-0.3, -0.25) is 0 Å². The van der Waals surface area contributed by atoms with Crippen molar-refractivity contribution in [1.82, 2.24) is 0 Å². The average Bonchev–Trinajstić information content (AvgIpc) is 2.99. The first-order chi connectivity index (χ1) is 13.6. The minimum absolute atomic E-state index is 0.472. The van der Waals surface area contributed by atoms with Crippen molar-refractivity contribution >= 4 is 0 Å². The van der Waals surface area contributed by atoms with Crippen LogP contribution in [0.1, 0.15) is 37.5 Å². The average molecular weight is 370 g/mol. The molecule has 3 heteroatoms. The van der Waals surface area contributed by atoms with Crippen LogP contribution in [0.4, 0.5) is 0 Å². The van der Waals surface area contributed by atoms with Crippen LogP contribution in [0.3, 0.4) is 0 Å². The summed E-state index contributed by atoms with van der Waals surface area (Å²) in [6.07, 6.45) is 0. The number of nitrogens with zero attached hydrogens (tertiary/aromatic N) is 2. The molecule has 0 N–H and O–H groups in total. The van der Waals surface area contributed by atoms with Crippen LogP contribution in [0, 0.1) is 5.41 Å². The topological polar surface area (TPSA) is 34.0 Å². The molecule has 0 saturated heterocycles. The van der Waals surface area contributed by atoms with E-state index in [9.17, 15) is 0 Å². The van der Waals surface area contributed by atoms with Gasteiger partial charge in [0, 0.05) is 12.2 Å². The molecule has 4 rings (SSSR count). The van der Waals surface area contributed by atoms with Crippen LogP contribution in [-0.4, -0.2) is 6.61 Å². The van der Waals surface area contributed by atoms with E-state index in [2.05, 4.69) is 74.5 Å². The fourth-order valence-electron chi connectivity index (χ4n) is 4.59. The van der Waals surface area contributed by atoms with Crippen LogP contribution >= 0.6 is 0 Å². The molecule has 0 saturated carbocycles. The van der Waals surface area contributed by atoms with E-state index in [1.54, 1.807) is 0 Å². The molecule has 0 radical (unpaired) electrons. The van der Waals surface area contributed by atoms with E-state index in [4.69, 9.17) is 15.0 Å². The van der Waals surface area contributed by atoms with E-state index in [0.717, 1.165) is 16.7 Å². The highest BCUT2D eigenvalue weighted by Gasteiger charge is 2.66. The molecule has 1 atom stereocenters. The highest BCUT2D eigenvalue weighted by atomic mass is 16.5. The molecule has 3 nitrogen and oxygen atoms in total. The van der Waals surface area contributed by atoms with Crippen LogP contribution in [0.15, 0.2) is 101 Å². The fourth-order valence-corrected chi connectivity index (χ4v) is 4.59. The summed E-state index contributed by atoms with van der Waals surface area (Å²) in [7, 11) is 0. The van der Waals surface area contributed by atoms with Gasteiger partial charge in [0.05, 0.1) is 5.41 Å². The van der Waals surface area contributed by atoms with Gasteiger partial charge in [-0.2, -0.15) is 10.2 Å². The third kappa shape index (κ3) is 2.46. The van der Waals surface area contributed by atoms with Crippen molar-refractivity contribution in [3.63, 3.8) is 0 Å². The molecule has 1 unspecified atom stereocenters. The lowest BCUT2D eigenvalue weighted by Crippen LogP contribution is -2.51. The molecular formula is C25H26N2O. The van der Waals surface area contributed by atoms with Crippen LogP contribution in [0.2, 0.25) is 0 Å². The first kappa shape index (κ1) is 18.6. The summed E-state index contributed by atoms with van der Waals surface area (Å²) in [5.74, 6) is 0. The molecule has 0 amide bonds. The Balaban J connectivity index is 2.01. The van der Waals surface area contributed by atoms with Gasteiger partial charge in [-0.15, -0.1) is 0 Å². The third-order valence-corrected chi connectivity index (χ3v) is 5.99. The highest BCUT2D eigenvalue weighted by Crippen LogP contribution is 2.63. The van der Waals surface area contributed by atoms with Crippen molar-refractivity contribution in [2.75, 3.05) is 6.61 Å². The monoisotopic (exact) mass is 370 g/mol. The second-order valence-corrected chi connectivity index (χ2v) is 7.71. The lowest BCUT2D eigenvalue weighted by atomic mass is 9.60. The second-order valence-electron chi connectivity index (χ2n) is 7.71. The first-order valence-electron chi connectivity index (χ1n) is 9.83. The molecule has 0 aromatic heterocycles. The van der Waals surface area contributed by atoms with Gasteiger partial charge in [-0.25, -0.2) is 0 Å². The third-order valence-electron chi connectivity index (χ3n) is 5.99. The SMILES string of the molecule is CCOC1(c2ccccc2)N=NC(c2ccccc2)(c2ccccc2)C1(C)C. The molecular weight excluding hydrogens is 344 g/mol. The Morgan fingerprint density at radius 3 is 1.50 bits per heavy atom. The fraction of sp³-hybridized carbons (Fsp3) is 0.280. The minimum Gasteiger partial charge on any atom is -0.348 e. The Morgan fingerprint density at radius 1 is 0.643 bits per heavy atom. The van der Waals surface area contributed by atoms with Crippen molar-refractivity contribution in [2.24, 2.45) is 15.6 Å². The minimum atomic E-state index is -0.866. The van der Waals surface area contributed by atoms with Gasteiger partial charge >= 0.3 is 0 Å². The van der Waals surface area contributed by atoms with Crippen molar-refractivity contribution < 1.29 is 4.74 Å². The van der Waals surface area contributed by atoms with E-state index < -0.39 is 16.7 Å². The lowest BCUT2D eigenvalue weighted by Gasteiger charge is -2.47. The number of ether oxygens (including phenoxy) is 1. The van der Waals surface area contributed by atoms with Gasteiger partial charge in [0.15, 0.2) is 0 Å². The van der Waals surface area contributed by atoms with Gasteiger partial charge in [0.2, 0.25) is 5.72 Å². The molecule has 1 aliphatic rings. The maximum Gasteiger partial charge on any atom is 0.212 e. The van der Waals surface area contributed by atoms with Gasteiger partial charge in [-0.05, 0) is 18.1 Å². The molecule has 0 bridgehead atoms. The summed E-state index contributed by atoms with van der Waals surface area (Å²) in [4.78, 5) is 0. The standard InChI is InChI=1S/C25H26N2O/c1-4-28-25(22-18-12-7-13-19-22)23(2,3)24(26-27-25,20-14-8-5-9-15-20)21-16-10-6-11-17-21/h5-19H,4H2,1-3H3. The number of hydrogen-bond donors (Lipinski definition) is 0. The quantitative estimate of drug-likeness (QED) is 0.518. The van der Waals surface area contributed by atoms with E-state index >= 15 is 0 Å². The summed E-state index contributed by atoms with van der Waals surface area (Å²) in [6, 6.07) is 31.1. The molecule has 142 valence electrons. The molecule has 0 spiro atoms. The van der Waals surface area contributed by atoms with Gasteiger partial charge < -0.3 is 4.74 Å². The van der Waals surface area contributed by atoms with Gasteiger partial charge in [0.25, 0.3) is 0 Å². The van der Waals surface area contributed by atoms with Gasteiger partial charge in [-0.1, -0.05) is 105 Å². The Bertz CT molecular complexity index is 912. The molecule has 0 aliphatic carbocycles. The van der Waals surface area contributed by atoms with E-state index in [1.165, 1.54) is 0 Å². The number of azo groups is 1. The predicted molar refractivity (Wildman–Crippen MR) is 112 cm³/mol. The van der Waals surface area contributed by atoms with Crippen LogP contribution < -0.4 is 0 Å². The Hall–Kier alpha value is -2.78. The molecule has 3 aromatic rings. The van der Waals surface area contributed by atoms with Crippen molar-refractivity contribution in [3.8, 4) is 0 Å². The molecule has 1 heterocycles. The number of benzene rings is 3. The maximum absolute atomic E-state index is 6.43. The molecule has 3 aromatic carbocycles. The predicted octanol–water partition coefficient (Wildman–Crippen LogP) is 6.31. The van der Waals surface area contributed by atoms with E-state index in [0.29, 0.717) is 6.61 Å². The normalized spacial score (nSPS) is 22.2. The zero-order valence-electron chi connectivity index (χ0n) is 16.7. The number of hydrogen-bond acceptors (Lipinski definition) is 3. The lowest BCUT2D eigenvalue weighted by molar-refractivity contribution is -0.124. The summed E-state index contributed by atoms with van der Waals surface area (Å²) < 4.78 is 6.43. The largest absolute Gasteiger partial charge is 0.348 e. The second kappa shape index (κ2) is 6.99. The molecule has 0 fully saturated rings.